The normalized spacial score (nSPS) is 29.3. The molecule has 0 aromatic carbocycles. The third-order valence-corrected chi connectivity index (χ3v) is 3.44. The summed E-state index contributed by atoms with van der Waals surface area (Å²) in [5.74, 6) is 1.94. The molecule has 1 N–H and O–H groups in total. The fourth-order valence-corrected chi connectivity index (χ4v) is 2.53. The van der Waals surface area contributed by atoms with E-state index in [0.717, 1.165) is 50.5 Å². The molecular weight excluding hydrogens is 206 g/mol. The Labute approximate surface area is 94.4 Å². The van der Waals surface area contributed by atoms with Gasteiger partial charge in [0, 0.05) is 26.0 Å². The van der Waals surface area contributed by atoms with Gasteiger partial charge in [-0.05, 0) is 19.3 Å². The van der Waals surface area contributed by atoms with Crippen molar-refractivity contribution in [2.45, 2.75) is 50.9 Å². The molecule has 5 heteroatoms. The average molecular weight is 223 g/mol. The molecule has 0 aliphatic carbocycles. The first kappa shape index (κ1) is 10.2. The summed E-state index contributed by atoms with van der Waals surface area (Å²) < 4.78 is 7.76. The molecule has 2 aliphatic heterocycles. The molecule has 0 radical (unpaired) electrons. The van der Waals surface area contributed by atoms with Crippen LogP contribution in [-0.2, 0) is 24.1 Å². The van der Waals surface area contributed by atoms with Crippen LogP contribution in [0.1, 0.15) is 30.9 Å². The SMILES string of the molecule is OC1CCn2c(nnc2CC2CCCO2)C1. The fourth-order valence-electron chi connectivity index (χ4n) is 2.53. The molecule has 5 nitrogen and oxygen atoms in total. The highest BCUT2D eigenvalue weighted by atomic mass is 16.5. The van der Waals surface area contributed by atoms with Crippen LogP contribution >= 0.6 is 0 Å². The van der Waals surface area contributed by atoms with Crippen molar-refractivity contribution >= 4 is 0 Å². The highest BCUT2D eigenvalue weighted by Crippen LogP contribution is 2.20. The predicted octanol–water partition coefficient (Wildman–Crippen LogP) is 0.307. The number of aromatic nitrogens is 3. The van der Waals surface area contributed by atoms with Gasteiger partial charge in [-0.15, -0.1) is 10.2 Å². The maximum atomic E-state index is 9.54. The zero-order valence-electron chi connectivity index (χ0n) is 9.30. The van der Waals surface area contributed by atoms with Gasteiger partial charge in [0.05, 0.1) is 12.2 Å². The van der Waals surface area contributed by atoms with E-state index in [2.05, 4.69) is 14.8 Å². The van der Waals surface area contributed by atoms with Crippen LogP contribution in [0.2, 0.25) is 0 Å². The Balaban J connectivity index is 1.75. The molecule has 2 atom stereocenters. The smallest absolute Gasteiger partial charge is 0.135 e. The van der Waals surface area contributed by atoms with Gasteiger partial charge in [0.25, 0.3) is 0 Å². The summed E-state index contributed by atoms with van der Waals surface area (Å²) in [5, 5.41) is 17.9. The lowest BCUT2D eigenvalue weighted by Gasteiger charge is -2.20. The summed E-state index contributed by atoms with van der Waals surface area (Å²) in [6.07, 6.45) is 4.67. The van der Waals surface area contributed by atoms with Crippen LogP contribution in [-0.4, -0.2) is 38.7 Å². The van der Waals surface area contributed by atoms with E-state index in [1.54, 1.807) is 0 Å². The van der Waals surface area contributed by atoms with E-state index in [0.29, 0.717) is 12.5 Å². The zero-order valence-corrected chi connectivity index (χ0v) is 9.30. The first-order valence-electron chi connectivity index (χ1n) is 6.03. The number of rotatable bonds is 2. The second kappa shape index (κ2) is 4.14. The predicted molar refractivity (Wildman–Crippen MR) is 57.0 cm³/mol. The molecule has 1 fully saturated rings. The molecule has 3 rings (SSSR count). The van der Waals surface area contributed by atoms with Crippen molar-refractivity contribution in [1.29, 1.82) is 0 Å². The van der Waals surface area contributed by atoms with Crippen LogP contribution in [0.4, 0.5) is 0 Å². The van der Waals surface area contributed by atoms with Crippen LogP contribution in [0.5, 0.6) is 0 Å². The van der Waals surface area contributed by atoms with Crippen molar-refractivity contribution in [3.8, 4) is 0 Å². The zero-order chi connectivity index (χ0) is 11.0. The standard InChI is InChI=1S/C11H17N3O2/c15-8-3-4-14-10(6-8)12-13-11(14)7-9-2-1-5-16-9/h8-9,15H,1-7H2. The topological polar surface area (TPSA) is 60.2 Å². The number of aliphatic hydroxyl groups excluding tert-OH is 1. The minimum atomic E-state index is -0.243. The van der Waals surface area contributed by atoms with Gasteiger partial charge in [-0.2, -0.15) is 0 Å². The molecule has 16 heavy (non-hydrogen) atoms. The molecule has 0 bridgehead atoms. The largest absolute Gasteiger partial charge is 0.393 e. The minimum absolute atomic E-state index is 0.243. The Morgan fingerprint density at radius 2 is 2.31 bits per heavy atom. The molecule has 2 unspecified atom stereocenters. The lowest BCUT2D eigenvalue weighted by atomic mass is 10.1. The van der Waals surface area contributed by atoms with E-state index in [4.69, 9.17) is 4.74 Å². The second-order valence-electron chi connectivity index (χ2n) is 4.67. The molecule has 0 amide bonds. The molecule has 88 valence electrons. The molecule has 2 aliphatic rings. The second-order valence-corrected chi connectivity index (χ2v) is 4.67. The lowest BCUT2D eigenvalue weighted by Crippen LogP contribution is -2.25. The Morgan fingerprint density at radius 3 is 3.12 bits per heavy atom. The number of ether oxygens (including phenoxy) is 1. The van der Waals surface area contributed by atoms with Gasteiger partial charge in [-0.1, -0.05) is 0 Å². The Kier molecular flexibility index (Phi) is 2.65. The quantitative estimate of drug-likeness (QED) is 0.783. The summed E-state index contributed by atoms with van der Waals surface area (Å²) in [7, 11) is 0. The van der Waals surface area contributed by atoms with Gasteiger partial charge in [0.1, 0.15) is 11.6 Å². The van der Waals surface area contributed by atoms with E-state index < -0.39 is 0 Å². The molecule has 1 saturated heterocycles. The molecule has 1 aromatic heterocycles. The Hall–Kier alpha value is -0.940. The van der Waals surface area contributed by atoms with Gasteiger partial charge in [-0.25, -0.2) is 0 Å². The molecule has 1 aromatic rings. The van der Waals surface area contributed by atoms with Crippen molar-refractivity contribution < 1.29 is 9.84 Å². The van der Waals surface area contributed by atoms with Crippen LogP contribution in [0, 0.1) is 0 Å². The van der Waals surface area contributed by atoms with E-state index >= 15 is 0 Å². The number of fused-ring (bicyclic) bond motifs is 1. The first-order chi connectivity index (χ1) is 7.83. The van der Waals surface area contributed by atoms with Crippen molar-refractivity contribution in [2.24, 2.45) is 0 Å². The first-order valence-corrected chi connectivity index (χ1v) is 6.03. The summed E-state index contributed by atoms with van der Waals surface area (Å²) in [6.45, 7) is 1.72. The number of hydrogen-bond acceptors (Lipinski definition) is 4. The monoisotopic (exact) mass is 223 g/mol. The number of aliphatic hydroxyl groups is 1. The Bertz CT molecular complexity index is 371. The van der Waals surface area contributed by atoms with Crippen molar-refractivity contribution in [3.05, 3.63) is 11.6 Å². The van der Waals surface area contributed by atoms with Crippen molar-refractivity contribution in [1.82, 2.24) is 14.8 Å². The van der Waals surface area contributed by atoms with E-state index in [-0.39, 0.29) is 6.10 Å². The van der Waals surface area contributed by atoms with E-state index in [9.17, 15) is 5.11 Å². The highest BCUT2D eigenvalue weighted by molar-refractivity contribution is 5.02. The van der Waals surface area contributed by atoms with Gasteiger partial charge in [0.15, 0.2) is 0 Å². The summed E-state index contributed by atoms with van der Waals surface area (Å²) in [4.78, 5) is 0. The molecule has 3 heterocycles. The van der Waals surface area contributed by atoms with E-state index in [1.165, 1.54) is 0 Å². The third-order valence-electron chi connectivity index (χ3n) is 3.44. The molecule has 0 saturated carbocycles. The van der Waals surface area contributed by atoms with Crippen LogP contribution in [0.15, 0.2) is 0 Å². The van der Waals surface area contributed by atoms with Crippen LogP contribution in [0.3, 0.4) is 0 Å². The van der Waals surface area contributed by atoms with Crippen molar-refractivity contribution in [2.75, 3.05) is 6.61 Å². The average Bonchev–Trinajstić information content (AvgIpc) is 2.89. The summed E-state index contributed by atoms with van der Waals surface area (Å²) in [6, 6.07) is 0. The lowest BCUT2D eigenvalue weighted by molar-refractivity contribution is 0.107. The maximum Gasteiger partial charge on any atom is 0.135 e. The highest BCUT2D eigenvalue weighted by Gasteiger charge is 2.24. The fraction of sp³-hybridized carbons (Fsp3) is 0.818. The summed E-state index contributed by atoms with van der Waals surface area (Å²) >= 11 is 0. The number of nitrogens with zero attached hydrogens (tertiary/aromatic N) is 3. The molecular formula is C11H17N3O2. The maximum absolute atomic E-state index is 9.54. The van der Waals surface area contributed by atoms with Crippen LogP contribution in [0.25, 0.3) is 0 Å². The Morgan fingerprint density at radius 1 is 1.38 bits per heavy atom. The van der Waals surface area contributed by atoms with E-state index in [1.807, 2.05) is 0 Å². The third kappa shape index (κ3) is 1.85. The van der Waals surface area contributed by atoms with Gasteiger partial charge >= 0.3 is 0 Å². The number of hydrogen-bond donors (Lipinski definition) is 1. The van der Waals surface area contributed by atoms with Crippen molar-refractivity contribution in [3.63, 3.8) is 0 Å². The van der Waals surface area contributed by atoms with Gasteiger partial charge in [-0.3, -0.25) is 0 Å². The van der Waals surface area contributed by atoms with Gasteiger partial charge < -0.3 is 14.4 Å². The molecule has 0 spiro atoms. The summed E-state index contributed by atoms with van der Waals surface area (Å²) in [5.41, 5.74) is 0. The minimum Gasteiger partial charge on any atom is -0.393 e. The van der Waals surface area contributed by atoms with Crippen LogP contribution < -0.4 is 0 Å². The van der Waals surface area contributed by atoms with Gasteiger partial charge in [0.2, 0.25) is 0 Å².